The van der Waals surface area contributed by atoms with Gasteiger partial charge in [0.15, 0.2) is 6.61 Å². The van der Waals surface area contributed by atoms with Gasteiger partial charge in [0.05, 0.1) is 0 Å². The molecule has 0 aliphatic carbocycles. The Morgan fingerprint density at radius 1 is 1.33 bits per heavy atom. The van der Waals surface area contributed by atoms with E-state index in [1.807, 2.05) is 6.92 Å². The van der Waals surface area contributed by atoms with Crippen LogP contribution in [-0.2, 0) is 4.74 Å². The molecule has 0 spiro atoms. The van der Waals surface area contributed by atoms with Crippen LogP contribution >= 0.6 is 0 Å². The van der Waals surface area contributed by atoms with Crippen LogP contribution in [0.15, 0.2) is 12.7 Å². The van der Waals surface area contributed by atoms with Crippen molar-refractivity contribution in [3.63, 3.8) is 0 Å². The van der Waals surface area contributed by atoms with Crippen LogP contribution in [0.3, 0.4) is 0 Å². The smallest absolute Gasteiger partial charge is 0.450 e. The number of hydrogen-bond donors (Lipinski definition) is 2. The van der Waals surface area contributed by atoms with Gasteiger partial charge >= 0.3 is 18.4 Å². The van der Waals surface area contributed by atoms with Crippen molar-refractivity contribution in [2.75, 3.05) is 20.7 Å². The third-order valence-corrected chi connectivity index (χ3v) is 0.724. The number of ether oxygens (including phenoxy) is 1. The van der Waals surface area contributed by atoms with E-state index in [0.29, 0.717) is 0 Å². The summed E-state index contributed by atoms with van der Waals surface area (Å²) in [6.07, 6.45) is -5.53. The lowest BCUT2D eigenvalue weighted by molar-refractivity contribution is -0.161. The first-order chi connectivity index (χ1) is 7.97. The molecule has 0 heterocycles. The highest BCUT2D eigenvalue weighted by molar-refractivity contribution is 5.66. The summed E-state index contributed by atoms with van der Waals surface area (Å²) in [7, 11) is 2.61. The number of nitrogens with zero attached hydrogens (tertiary/aromatic N) is 1. The van der Waals surface area contributed by atoms with Crippen molar-refractivity contribution < 1.29 is 37.7 Å². The van der Waals surface area contributed by atoms with Gasteiger partial charge in [0.1, 0.15) is 0 Å². The fraction of sp³-hybridized carbons (Fsp3) is 0.556. The Labute approximate surface area is 102 Å². The van der Waals surface area contributed by atoms with Gasteiger partial charge < -0.3 is 19.8 Å². The van der Waals surface area contributed by atoms with Gasteiger partial charge in [-0.15, -0.1) is 6.58 Å². The van der Waals surface area contributed by atoms with Crippen LogP contribution in [0.25, 0.3) is 0 Å². The molecule has 0 fully saturated rings. The molecule has 1 amide bonds. The van der Waals surface area contributed by atoms with Gasteiger partial charge in [-0.3, -0.25) is 0 Å². The normalized spacial score (nSPS) is 8.78. The summed E-state index contributed by atoms with van der Waals surface area (Å²) in [5.41, 5.74) is 0. The van der Waals surface area contributed by atoms with E-state index in [1.165, 1.54) is 14.1 Å². The number of halogens is 3. The van der Waals surface area contributed by atoms with Gasteiger partial charge in [-0.25, -0.2) is 9.59 Å². The van der Waals surface area contributed by atoms with Crippen molar-refractivity contribution >= 4 is 12.2 Å². The lowest BCUT2D eigenvalue weighted by Gasteiger charge is -2.11. The molecule has 18 heavy (non-hydrogen) atoms. The van der Waals surface area contributed by atoms with Gasteiger partial charge in [0.2, 0.25) is 0 Å². The Hall–Kier alpha value is -1.93. The maximum Gasteiger partial charge on any atom is 0.503 e. The second kappa shape index (κ2) is 11.6. The molecule has 0 saturated carbocycles. The van der Waals surface area contributed by atoms with Crippen molar-refractivity contribution in [1.82, 2.24) is 4.90 Å². The summed E-state index contributed by atoms with van der Waals surface area (Å²) < 4.78 is 38.0. The van der Waals surface area contributed by atoms with Crippen LogP contribution in [0.1, 0.15) is 6.92 Å². The molecule has 0 aliphatic heterocycles. The second-order valence-corrected chi connectivity index (χ2v) is 2.76. The quantitative estimate of drug-likeness (QED) is 0.718. The van der Waals surface area contributed by atoms with Crippen LogP contribution < -0.4 is 0 Å². The predicted octanol–water partition coefficient (Wildman–Crippen LogP) is 2.66. The van der Waals surface area contributed by atoms with Crippen molar-refractivity contribution in [1.29, 1.82) is 0 Å². The van der Waals surface area contributed by atoms with E-state index in [1.54, 1.807) is 6.08 Å². The summed E-state index contributed by atoms with van der Waals surface area (Å²) in [6.45, 7) is 3.71. The number of amides is 1. The monoisotopic (exact) mass is 275 g/mol. The third kappa shape index (κ3) is 36.9. The fourth-order valence-corrected chi connectivity index (χ4v) is 0.273. The molecule has 0 aromatic carbocycles. The minimum Gasteiger partial charge on any atom is -0.450 e. The molecule has 0 unspecified atom stereocenters. The number of hydrogen-bond acceptors (Lipinski definition) is 3. The zero-order chi connectivity index (χ0) is 15.4. The highest BCUT2D eigenvalue weighted by atomic mass is 19.4. The summed E-state index contributed by atoms with van der Waals surface area (Å²) >= 11 is 0. The van der Waals surface area contributed by atoms with Crippen LogP contribution in [0.4, 0.5) is 22.8 Å². The summed E-state index contributed by atoms with van der Waals surface area (Å²) in [4.78, 5) is 19.9. The molecule has 0 aromatic heterocycles. The van der Waals surface area contributed by atoms with Crippen molar-refractivity contribution in [3.05, 3.63) is 12.7 Å². The highest BCUT2D eigenvalue weighted by Crippen LogP contribution is 2.14. The number of carbonyl (C=O) groups excluding carboxylic acids is 1. The second-order valence-electron chi connectivity index (χ2n) is 2.76. The molecule has 108 valence electrons. The molecule has 0 aromatic rings. The Morgan fingerprint density at radius 3 is 1.78 bits per heavy atom. The molecule has 9 heteroatoms. The van der Waals surface area contributed by atoms with Crippen LogP contribution in [0, 0.1) is 0 Å². The molecule has 2 N–H and O–H groups in total. The minimum absolute atomic E-state index is 0.922. The summed E-state index contributed by atoms with van der Waals surface area (Å²) in [6, 6.07) is 0. The first kappa shape index (κ1) is 21.4. The maximum absolute atomic E-state index is 11.4. The van der Waals surface area contributed by atoms with E-state index in [-0.39, 0.29) is 0 Å². The predicted molar refractivity (Wildman–Crippen MR) is 57.6 cm³/mol. The Bertz CT molecular complexity index is 249. The minimum atomic E-state index is -4.45. The highest BCUT2D eigenvalue weighted by Gasteiger charge is 2.29. The molecular weight excluding hydrogens is 259 g/mol. The van der Waals surface area contributed by atoms with E-state index in [9.17, 15) is 18.0 Å². The van der Waals surface area contributed by atoms with Crippen molar-refractivity contribution in [3.8, 4) is 0 Å². The Kier molecular flexibility index (Phi) is 13.7. The van der Waals surface area contributed by atoms with E-state index in [2.05, 4.69) is 11.3 Å². The SMILES string of the molecule is C=CC.CN(C)C(=O)OCC(F)(F)F.O=C(O)O. The number of allylic oxidation sites excluding steroid dienone is 1. The molecule has 0 atom stereocenters. The van der Waals surface area contributed by atoms with Crippen LogP contribution in [-0.4, -0.2) is 54.2 Å². The summed E-state index contributed by atoms with van der Waals surface area (Å²) in [5.74, 6) is 0. The van der Waals surface area contributed by atoms with Crippen LogP contribution in [0.2, 0.25) is 0 Å². The lowest BCUT2D eigenvalue weighted by Crippen LogP contribution is -2.27. The van der Waals surface area contributed by atoms with Crippen molar-refractivity contribution in [2.24, 2.45) is 0 Å². The third-order valence-electron chi connectivity index (χ3n) is 0.724. The lowest BCUT2D eigenvalue weighted by atomic mass is 10.7. The molecule has 0 rings (SSSR count). The van der Waals surface area contributed by atoms with Gasteiger partial charge in [-0.1, -0.05) is 6.08 Å². The number of carbonyl (C=O) groups is 2. The topological polar surface area (TPSA) is 87.1 Å². The van der Waals surface area contributed by atoms with Gasteiger partial charge in [0.25, 0.3) is 0 Å². The number of carboxylic acid groups (broad SMARTS) is 2. The standard InChI is InChI=1S/C5H8F3NO2.C3H6.CH2O3/c1-9(2)4(10)11-3-5(6,7)8;1-3-2;2-1(3)4/h3H2,1-2H3;3H,1H2,2H3;(H2,2,3,4). The van der Waals surface area contributed by atoms with Crippen molar-refractivity contribution in [2.45, 2.75) is 13.1 Å². The van der Waals surface area contributed by atoms with Gasteiger partial charge in [0, 0.05) is 14.1 Å². The van der Waals surface area contributed by atoms with Gasteiger partial charge in [-0.2, -0.15) is 13.2 Å². The molecule has 0 aliphatic rings. The zero-order valence-electron chi connectivity index (χ0n) is 10.2. The summed E-state index contributed by atoms with van der Waals surface area (Å²) in [5, 5.41) is 13.9. The molecule has 0 saturated heterocycles. The zero-order valence-corrected chi connectivity index (χ0v) is 10.2. The van der Waals surface area contributed by atoms with Crippen LogP contribution in [0.5, 0.6) is 0 Å². The van der Waals surface area contributed by atoms with E-state index < -0.39 is 25.0 Å². The first-order valence-electron chi connectivity index (χ1n) is 4.37. The van der Waals surface area contributed by atoms with E-state index in [4.69, 9.17) is 15.0 Å². The Balaban J connectivity index is -0.000000266. The first-order valence-corrected chi connectivity index (χ1v) is 4.37. The molecular formula is C9H16F3NO5. The molecule has 0 radical (unpaired) electrons. The molecule has 0 bridgehead atoms. The average molecular weight is 275 g/mol. The fourth-order valence-electron chi connectivity index (χ4n) is 0.273. The maximum atomic E-state index is 11.4. The number of alkyl halides is 3. The Morgan fingerprint density at radius 2 is 1.61 bits per heavy atom. The molecule has 6 nitrogen and oxygen atoms in total. The van der Waals surface area contributed by atoms with E-state index >= 15 is 0 Å². The average Bonchev–Trinajstić information content (AvgIpc) is 2.13. The van der Waals surface area contributed by atoms with Gasteiger partial charge in [-0.05, 0) is 6.92 Å². The van der Waals surface area contributed by atoms with E-state index in [0.717, 1.165) is 4.90 Å². The number of rotatable bonds is 1. The largest absolute Gasteiger partial charge is 0.503 e.